The first-order valence-corrected chi connectivity index (χ1v) is 12.3. The van der Waals surface area contributed by atoms with Gasteiger partial charge in [-0.3, -0.25) is 9.59 Å². The van der Waals surface area contributed by atoms with E-state index in [0.717, 1.165) is 12.0 Å². The van der Waals surface area contributed by atoms with Gasteiger partial charge in [-0.25, -0.2) is 4.39 Å². The second kappa shape index (κ2) is 12.7. The number of halogens is 3. The summed E-state index contributed by atoms with van der Waals surface area (Å²) in [4.78, 5) is 28.6. The molecule has 1 N–H and O–H groups in total. The normalized spacial score (nSPS) is 12.6. The highest BCUT2D eigenvalue weighted by Crippen LogP contribution is 2.24. The SMILES string of the molecule is CC[C@H](C)NC(=O)[C@H](Cc1ccccc1)N(Cc1ccccc1F)C(=O)Cc1ccc(Cl)c(Cl)c1. The van der Waals surface area contributed by atoms with Crippen LogP contribution in [0.4, 0.5) is 4.39 Å². The van der Waals surface area contributed by atoms with Gasteiger partial charge in [0.1, 0.15) is 11.9 Å². The summed E-state index contributed by atoms with van der Waals surface area (Å²) in [5.74, 6) is -1.02. The van der Waals surface area contributed by atoms with Gasteiger partial charge in [-0.15, -0.1) is 0 Å². The number of hydrogen-bond donors (Lipinski definition) is 1. The first-order chi connectivity index (χ1) is 16.8. The zero-order valence-corrected chi connectivity index (χ0v) is 21.3. The third-order valence-electron chi connectivity index (χ3n) is 5.91. The highest BCUT2D eigenvalue weighted by atomic mass is 35.5. The Labute approximate surface area is 216 Å². The maximum Gasteiger partial charge on any atom is 0.243 e. The smallest absolute Gasteiger partial charge is 0.243 e. The highest BCUT2D eigenvalue weighted by Gasteiger charge is 2.31. The maximum atomic E-state index is 14.6. The van der Waals surface area contributed by atoms with E-state index in [4.69, 9.17) is 23.2 Å². The minimum atomic E-state index is -0.832. The lowest BCUT2D eigenvalue weighted by atomic mass is 10.0. The number of nitrogens with zero attached hydrogens (tertiary/aromatic N) is 1. The molecule has 3 rings (SSSR count). The first-order valence-electron chi connectivity index (χ1n) is 11.6. The second-order valence-electron chi connectivity index (χ2n) is 8.56. The molecule has 0 aromatic heterocycles. The molecular weight excluding hydrogens is 486 g/mol. The summed E-state index contributed by atoms with van der Waals surface area (Å²) in [7, 11) is 0. The van der Waals surface area contributed by atoms with Crippen molar-refractivity contribution in [2.24, 2.45) is 0 Å². The Morgan fingerprint density at radius 3 is 2.29 bits per heavy atom. The van der Waals surface area contributed by atoms with Crippen molar-refractivity contribution in [1.82, 2.24) is 10.2 Å². The van der Waals surface area contributed by atoms with Gasteiger partial charge in [-0.05, 0) is 42.7 Å². The van der Waals surface area contributed by atoms with E-state index in [9.17, 15) is 14.0 Å². The van der Waals surface area contributed by atoms with Crippen LogP contribution in [-0.4, -0.2) is 28.8 Å². The molecule has 7 heteroatoms. The average Bonchev–Trinajstić information content (AvgIpc) is 2.85. The predicted octanol–water partition coefficient (Wildman–Crippen LogP) is 6.23. The van der Waals surface area contributed by atoms with Crippen LogP contribution in [0.5, 0.6) is 0 Å². The minimum absolute atomic E-state index is 0.00670. The van der Waals surface area contributed by atoms with E-state index in [0.29, 0.717) is 27.6 Å². The Morgan fingerprint density at radius 2 is 1.63 bits per heavy atom. The molecule has 3 aromatic rings. The summed E-state index contributed by atoms with van der Waals surface area (Å²) in [6.07, 6.45) is 1.03. The molecular formula is C28H29Cl2FN2O2. The minimum Gasteiger partial charge on any atom is -0.352 e. The Balaban J connectivity index is 1.99. The van der Waals surface area contributed by atoms with Gasteiger partial charge in [-0.2, -0.15) is 0 Å². The molecule has 0 heterocycles. The van der Waals surface area contributed by atoms with E-state index in [1.165, 1.54) is 11.0 Å². The van der Waals surface area contributed by atoms with Gasteiger partial charge >= 0.3 is 0 Å². The van der Waals surface area contributed by atoms with Gasteiger partial charge in [0.05, 0.1) is 16.5 Å². The summed E-state index contributed by atoms with van der Waals surface area (Å²) in [5.41, 5.74) is 1.89. The van der Waals surface area contributed by atoms with E-state index in [-0.39, 0.29) is 30.8 Å². The molecule has 0 aliphatic heterocycles. The van der Waals surface area contributed by atoms with Crippen LogP contribution in [0.15, 0.2) is 72.8 Å². The summed E-state index contributed by atoms with van der Waals surface area (Å²) < 4.78 is 14.6. The highest BCUT2D eigenvalue weighted by molar-refractivity contribution is 6.42. The van der Waals surface area contributed by atoms with Crippen LogP contribution in [0.3, 0.4) is 0 Å². The summed E-state index contributed by atoms with van der Waals surface area (Å²) in [5, 5.41) is 3.73. The summed E-state index contributed by atoms with van der Waals surface area (Å²) in [6.45, 7) is 3.85. The third kappa shape index (κ3) is 7.55. The molecule has 0 saturated heterocycles. The molecule has 0 spiro atoms. The predicted molar refractivity (Wildman–Crippen MR) is 139 cm³/mol. The van der Waals surface area contributed by atoms with Gasteiger partial charge in [0, 0.05) is 24.6 Å². The molecule has 0 saturated carbocycles. The van der Waals surface area contributed by atoms with Crippen molar-refractivity contribution in [2.45, 2.75) is 51.7 Å². The molecule has 35 heavy (non-hydrogen) atoms. The van der Waals surface area contributed by atoms with Crippen LogP contribution < -0.4 is 5.32 Å². The molecule has 0 aliphatic rings. The van der Waals surface area contributed by atoms with Crippen LogP contribution in [0.25, 0.3) is 0 Å². The number of hydrogen-bond acceptors (Lipinski definition) is 2. The van der Waals surface area contributed by atoms with Crippen LogP contribution in [-0.2, 0) is 29.0 Å². The lowest BCUT2D eigenvalue weighted by Gasteiger charge is -2.32. The quantitative estimate of drug-likeness (QED) is 0.348. The van der Waals surface area contributed by atoms with Crippen molar-refractivity contribution >= 4 is 35.0 Å². The number of amides is 2. The fraction of sp³-hybridized carbons (Fsp3) is 0.286. The van der Waals surface area contributed by atoms with Gasteiger partial charge in [0.15, 0.2) is 0 Å². The van der Waals surface area contributed by atoms with Crippen LogP contribution in [0, 0.1) is 5.82 Å². The van der Waals surface area contributed by atoms with E-state index >= 15 is 0 Å². The van der Waals surface area contributed by atoms with Crippen LogP contribution >= 0.6 is 23.2 Å². The Morgan fingerprint density at radius 1 is 0.943 bits per heavy atom. The zero-order chi connectivity index (χ0) is 25.4. The van der Waals surface area contributed by atoms with Crippen molar-refractivity contribution in [3.63, 3.8) is 0 Å². The lowest BCUT2D eigenvalue weighted by molar-refractivity contribution is -0.141. The molecule has 0 fully saturated rings. The topological polar surface area (TPSA) is 49.4 Å². The number of rotatable bonds is 10. The van der Waals surface area contributed by atoms with Crippen LogP contribution in [0.1, 0.15) is 37.0 Å². The second-order valence-corrected chi connectivity index (χ2v) is 9.38. The van der Waals surface area contributed by atoms with Crippen molar-refractivity contribution in [2.75, 3.05) is 0 Å². The maximum absolute atomic E-state index is 14.6. The number of nitrogens with one attached hydrogen (secondary N) is 1. The van der Waals surface area contributed by atoms with Gasteiger partial charge in [0.2, 0.25) is 11.8 Å². The fourth-order valence-electron chi connectivity index (χ4n) is 3.73. The van der Waals surface area contributed by atoms with Gasteiger partial charge in [0.25, 0.3) is 0 Å². The number of benzene rings is 3. The van der Waals surface area contributed by atoms with Gasteiger partial charge in [-0.1, -0.05) is 84.7 Å². The van der Waals surface area contributed by atoms with Crippen LogP contribution in [0.2, 0.25) is 10.0 Å². The van der Waals surface area contributed by atoms with E-state index in [1.807, 2.05) is 44.2 Å². The molecule has 0 unspecified atom stereocenters. The molecule has 2 atom stereocenters. The Hall–Kier alpha value is -2.89. The van der Waals surface area contributed by atoms with Crippen molar-refractivity contribution in [1.29, 1.82) is 0 Å². The zero-order valence-electron chi connectivity index (χ0n) is 19.8. The Bertz CT molecular complexity index is 1160. The largest absolute Gasteiger partial charge is 0.352 e. The molecule has 184 valence electrons. The fourth-order valence-corrected chi connectivity index (χ4v) is 4.05. The standard InChI is InChI=1S/C28H29Cl2FN2O2/c1-3-19(2)32-28(35)26(16-20-9-5-4-6-10-20)33(18-22-11-7-8-12-25(22)31)27(34)17-21-13-14-23(29)24(30)15-21/h4-15,19,26H,3,16-18H2,1-2H3,(H,32,35)/t19-,26-/m0/s1. The molecule has 0 bridgehead atoms. The molecule has 0 aliphatic carbocycles. The van der Waals surface area contributed by atoms with Crippen molar-refractivity contribution in [3.8, 4) is 0 Å². The number of carbonyl (C=O) groups excluding carboxylic acids is 2. The average molecular weight is 515 g/mol. The monoisotopic (exact) mass is 514 g/mol. The van der Waals surface area contributed by atoms with Crippen molar-refractivity contribution < 1.29 is 14.0 Å². The molecule has 2 amide bonds. The lowest BCUT2D eigenvalue weighted by Crippen LogP contribution is -2.52. The molecule has 0 radical (unpaired) electrons. The Kier molecular flexibility index (Phi) is 9.70. The first kappa shape index (κ1) is 26.7. The van der Waals surface area contributed by atoms with E-state index in [1.54, 1.807) is 36.4 Å². The summed E-state index contributed by atoms with van der Waals surface area (Å²) >= 11 is 12.2. The molecule has 3 aromatic carbocycles. The third-order valence-corrected chi connectivity index (χ3v) is 6.65. The van der Waals surface area contributed by atoms with Crippen molar-refractivity contribution in [3.05, 3.63) is 105 Å². The number of carbonyl (C=O) groups is 2. The molecule has 4 nitrogen and oxygen atoms in total. The summed E-state index contributed by atoms with van der Waals surface area (Å²) in [6, 6.07) is 19.9. The van der Waals surface area contributed by atoms with Gasteiger partial charge < -0.3 is 10.2 Å². The van der Waals surface area contributed by atoms with E-state index < -0.39 is 11.9 Å². The van der Waals surface area contributed by atoms with E-state index in [2.05, 4.69) is 5.32 Å².